The molecule has 1 aliphatic heterocycles. The van der Waals surface area contributed by atoms with E-state index >= 15 is 0 Å². The number of benzene rings is 1. The molecule has 24 heavy (non-hydrogen) atoms. The Bertz CT molecular complexity index is 685. The van der Waals surface area contributed by atoms with E-state index in [1.807, 2.05) is 6.07 Å². The van der Waals surface area contributed by atoms with Crippen LogP contribution >= 0.6 is 0 Å². The van der Waals surface area contributed by atoms with Crippen LogP contribution in [-0.2, 0) is 6.54 Å². The number of hydrogen-bond donors (Lipinski definition) is 0. The van der Waals surface area contributed by atoms with Crippen LogP contribution in [0.25, 0.3) is 0 Å². The third-order valence-corrected chi connectivity index (χ3v) is 4.74. The van der Waals surface area contributed by atoms with E-state index < -0.39 is 11.6 Å². The first-order valence-corrected chi connectivity index (χ1v) is 8.41. The molecule has 2 fully saturated rings. The molecule has 2 aromatic rings. The zero-order valence-electron chi connectivity index (χ0n) is 13.4. The summed E-state index contributed by atoms with van der Waals surface area (Å²) in [5, 5.41) is 0. The van der Waals surface area contributed by atoms with E-state index in [9.17, 15) is 8.78 Å². The Morgan fingerprint density at radius 1 is 1.08 bits per heavy atom. The monoisotopic (exact) mass is 330 g/mol. The number of likely N-dealkylation sites (tertiary alicyclic amines) is 1. The molecule has 1 aromatic heterocycles. The summed E-state index contributed by atoms with van der Waals surface area (Å²) >= 11 is 0. The van der Waals surface area contributed by atoms with Gasteiger partial charge in [0.05, 0.1) is 0 Å². The average Bonchev–Trinajstić information content (AvgIpc) is 3.27. The van der Waals surface area contributed by atoms with E-state index in [0.717, 1.165) is 31.4 Å². The van der Waals surface area contributed by atoms with E-state index in [4.69, 9.17) is 0 Å². The molecule has 0 spiro atoms. The zero-order valence-corrected chi connectivity index (χ0v) is 13.4. The number of halogens is 2. The van der Waals surface area contributed by atoms with Gasteiger partial charge in [0.1, 0.15) is 23.8 Å². The molecule has 0 radical (unpaired) electrons. The predicted molar refractivity (Wildman–Crippen MR) is 87.6 cm³/mol. The Kier molecular flexibility index (Phi) is 4.14. The number of aromatic nitrogens is 2. The summed E-state index contributed by atoms with van der Waals surface area (Å²) in [6.07, 6.45) is 6.82. The first-order chi connectivity index (χ1) is 11.7. The van der Waals surface area contributed by atoms with Crippen LogP contribution < -0.4 is 4.90 Å². The summed E-state index contributed by atoms with van der Waals surface area (Å²) in [7, 11) is 0. The molecular formula is C18H20F2N4. The lowest BCUT2D eigenvalue weighted by Crippen LogP contribution is -2.39. The molecule has 6 heteroatoms. The van der Waals surface area contributed by atoms with Crippen LogP contribution in [0.2, 0.25) is 0 Å². The summed E-state index contributed by atoms with van der Waals surface area (Å²) < 4.78 is 26.7. The molecule has 0 amide bonds. The van der Waals surface area contributed by atoms with Gasteiger partial charge in [-0.15, -0.1) is 0 Å². The number of rotatable bonds is 5. The van der Waals surface area contributed by atoms with Gasteiger partial charge in [-0.1, -0.05) is 0 Å². The van der Waals surface area contributed by atoms with Crippen LogP contribution in [0, 0.1) is 11.6 Å². The Balaban J connectivity index is 1.45. The minimum atomic E-state index is -0.513. The molecule has 1 aliphatic carbocycles. The molecule has 2 heterocycles. The molecule has 4 rings (SSSR count). The number of anilines is 1. The Morgan fingerprint density at radius 2 is 1.88 bits per heavy atom. The topological polar surface area (TPSA) is 32.3 Å². The maximum absolute atomic E-state index is 13.4. The lowest BCUT2D eigenvalue weighted by molar-refractivity contribution is 0.323. The summed E-state index contributed by atoms with van der Waals surface area (Å²) in [5.74, 6) is -0.0428. The van der Waals surface area contributed by atoms with Crippen molar-refractivity contribution < 1.29 is 8.78 Å². The van der Waals surface area contributed by atoms with Gasteiger partial charge in [-0.25, -0.2) is 18.7 Å². The number of nitrogens with zero attached hydrogens (tertiary/aromatic N) is 4. The molecule has 1 unspecified atom stereocenters. The zero-order chi connectivity index (χ0) is 16.5. The van der Waals surface area contributed by atoms with Crippen LogP contribution in [0.15, 0.2) is 36.8 Å². The van der Waals surface area contributed by atoms with Crippen molar-refractivity contribution in [1.82, 2.24) is 14.9 Å². The van der Waals surface area contributed by atoms with Gasteiger partial charge in [0.25, 0.3) is 0 Å². The van der Waals surface area contributed by atoms with Crippen LogP contribution in [0.1, 0.15) is 24.8 Å². The fraction of sp³-hybridized carbons (Fsp3) is 0.444. The number of hydrogen-bond acceptors (Lipinski definition) is 4. The van der Waals surface area contributed by atoms with Crippen molar-refractivity contribution >= 4 is 5.82 Å². The second-order valence-electron chi connectivity index (χ2n) is 6.66. The highest BCUT2D eigenvalue weighted by molar-refractivity contribution is 5.42. The van der Waals surface area contributed by atoms with Gasteiger partial charge in [0.15, 0.2) is 0 Å². The molecular weight excluding hydrogens is 310 g/mol. The fourth-order valence-electron chi connectivity index (χ4n) is 3.60. The first kappa shape index (κ1) is 15.4. The minimum Gasteiger partial charge on any atom is -0.349 e. The minimum absolute atomic E-state index is 0.394. The molecule has 1 saturated heterocycles. The van der Waals surface area contributed by atoms with E-state index in [0.29, 0.717) is 24.2 Å². The normalized spacial score (nSPS) is 21.2. The standard InChI is InChI=1S/C18H20F2N4/c19-14-7-13(8-15(20)9-14)10-23-6-4-17(11-23)24(16-1-2-16)18-3-5-21-12-22-18/h3,5,7-9,12,16-17H,1-2,4,6,10-11H2. The van der Waals surface area contributed by atoms with Crippen molar-refractivity contribution in [3.05, 3.63) is 54.0 Å². The highest BCUT2D eigenvalue weighted by atomic mass is 19.1. The van der Waals surface area contributed by atoms with Crippen LogP contribution in [0.5, 0.6) is 0 Å². The van der Waals surface area contributed by atoms with Gasteiger partial charge in [0.2, 0.25) is 0 Å². The Hall–Kier alpha value is -2.08. The molecule has 0 N–H and O–H groups in total. The van der Waals surface area contributed by atoms with Gasteiger partial charge in [-0.3, -0.25) is 4.90 Å². The summed E-state index contributed by atoms with van der Waals surface area (Å²) in [6.45, 7) is 2.39. The van der Waals surface area contributed by atoms with Crippen molar-refractivity contribution in [3.8, 4) is 0 Å². The molecule has 126 valence electrons. The van der Waals surface area contributed by atoms with Gasteiger partial charge >= 0.3 is 0 Å². The second kappa shape index (κ2) is 6.43. The third-order valence-electron chi connectivity index (χ3n) is 4.74. The highest BCUT2D eigenvalue weighted by Gasteiger charge is 2.37. The molecule has 2 aliphatic rings. The molecule has 1 aromatic carbocycles. The van der Waals surface area contributed by atoms with Crippen molar-refractivity contribution in [2.75, 3.05) is 18.0 Å². The molecule has 1 atom stereocenters. The maximum Gasteiger partial charge on any atom is 0.132 e. The summed E-state index contributed by atoms with van der Waals surface area (Å²) in [5.41, 5.74) is 0.688. The van der Waals surface area contributed by atoms with Gasteiger partial charge < -0.3 is 4.90 Å². The Morgan fingerprint density at radius 3 is 2.54 bits per heavy atom. The van der Waals surface area contributed by atoms with Crippen molar-refractivity contribution in [1.29, 1.82) is 0 Å². The fourth-order valence-corrected chi connectivity index (χ4v) is 3.60. The quantitative estimate of drug-likeness (QED) is 0.844. The van der Waals surface area contributed by atoms with Crippen molar-refractivity contribution in [2.45, 2.75) is 37.9 Å². The van der Waals surface area contributed by atoms with Gasteiger partial charge in [0, 0.05) is 44.0 Å². The predicted octanol–water partition coefficient (Wildman–Crippen LogP) is 3.00. The van der Waals surface area contributed by atoms with Crippen molar-refractivity contribution in [3.63, 3.8) is 0 Å². The summed E-state index contributed by atoms with van der Waals surface area (Å²) in [6, 6.07) is 6.67. The first-order valence-electron chi connectivity index (χ1n) is 8.41. The highest BCUT2D eigenvalue weighted by Crippen LogP contribution is 2.35. The van der Waals surface area contributed by atoms with Crippen LogP contribution in [0.3, 0.4) is 0 Å². The van der Waals surface area contributed by atoms with Crippen LogP contribution in [0.4, 0.5) is 14.6 Å². The maximum atomic E-state index is 13.4. The van der Waals surface area contributed by atoms with Crippen molar-refractivity contribution in [2.24, 2.45) is 0 Å². The third kappa shape index (κ3) is 3.38. The second-order valence-corrected chi connectivity index (χ2v) is 6.66. The lowest BCUT2D eigenvalue weighted by atomic mass is 10.2. The van der Waals surface area contributed by atoms with E-state index in [-0.39, 0.29) is 0 Å². The Labute approximate surface area is 140 Å². The van der Waals surface area contributed by atoms with Gasteiger partial charge in [-0.2, -0.15) is 0 Å². The summed E-state index contributed by atoms with van der Waals surface area (Å²) in [4.78, 5) is 13.1. The van der Waals surface area contributed by atoms with Gasteiger partial charge in [-0.05, 0) is 43.0 Å². The molecule has 4 nitrogen and oxygen atoms in total. The molecule has 1 saturated carbocycles. The average molecular weight is 330 g/mol. The smallest absolute Gasteiger partial charge is 0.132 e. The van der Waals surface area contributed by atoms with Crippen LogP contribution in [-0.4, -0.2) is 40.0 Å². The molecule has 0 bridgehead atoms. The van der Waals surface area contributed by atoms with E-state index in [2.05, 4.69) is 19.8 Å². The SMILES string of the molecule is Fc1cc(F)cc(CN2CCC(N(c3ccncn3)C3CC3)C2)c1. The largest absolute Gasteiger partial charge is 0.349 e. The van der Waals surface area contributed by atoms with E-state index in [1.54, 1.807) is 12.5 Å². The lowest BCUT2D eigenvalue weighted by Gasteiger charge is -2.30. The van der Waals surface area contributed by atoms with E-state index in [1.165, 1.54) is 25.0 Å².